The second-order valence-corrected chi connectivity index (χ2v) is 5.55. The zero-order valence-electron chi connectivity index (χ0n) is 13.1. The number of benzene rings is 1. The predicted octanol–water partition coefficient (Wildman–Crippen LogP) is 1.74. The molecule has 0 spiro atoms. The third-order valence-corrected chi connectivity index (χ3v) is 3.15. The van der Waals surface area contributed by atoms with Gasteiger partial charge in [-0.1, -0.05) is 12.1 Å². The molecule has 6 nitrogen and oxygen atoms in total. The van der Waals surface area contributed by atoms with Crippen LogP contribution in [0.5, 0.6) is 0 Å². The number of nitrogens with one attached hydrogen (secondary N) is 1. The minimum absolute atomic E-state index is 0.0601. The molecule has 0 aliphatic heterocycles. The van der Waals surface area contributed by atoms with Crippen LogP contribution >= 0.6 is 0 Å². The Bertz CT molecular complexity index is 630. The number of fused-ring (bicyclic) bond motifs is 1. The van der Waals surface area contributed by atoms with Gasteiger partial charge in [-0.2, -0.15) is 0 Å². The summed E-state index contributed by atoms with van der Waals surface area (Å²) in [5.74, 6) is 0.267. The molecule has 2 rings (SSSR count). The fourth-order valence-corrected chi connectivity index (χ4v) is 2.10. The van der Waals surface area contributed by atoms with Gasteiger partial charge in [-0.15, -0.1) is 0 Å². The molecule has 1 N–H and O–H groups in total. The molecular weight excluding hydrogens is 282 g/mol. The van der Waals surface area contributed by atoms with Gasteiger partial charge in [0.1, 0.15) is 5.52 Å². The molecule has 6 heteroatoms. The first kappa shape index (κ1) is 16.0. The molecule has 1 aromatic carbocycles. The number of carbonyl (C=O) groups is 2. The number of hydrogen-bond donors (Lipinski definition) is 1. The molecule has 0 bridgehead atoms. The van der Waals surface area contributed by atoms with E-state index in [0.717, 1.165) is 11.1 Å². The van der Waals surface area contributed by atoms with Crippen molar-refractivity contribution in [3.63, 3.8) is 0 Å². The van der Waals surface area contributed by atoms with Crippen LogP contribution in [-0.4, -0.2) is 41.3 Å². The summed E-state index contributed by atoms with van der Waals surface area (Å²) in [4.78, 5) is 29.4. The first-order valence-corrected chi connectivity index (χ1v) is 7.33. The van der Waals surface area contributed by atoms with Crippen LogP contribution in [0.3, 0.4) is 0 Å². The van der Waals surface area contributed by atoms with Crippen LogP contribution in [0, 0.1) is 0 Å². The summed E-state index contributed by atoms with van der Waals surface area (Å²) in [5.41, 5.74) is 1.50. The Morgan fingerprint density at radius 1 is 1.32 bits per heavy atom. The van der Waals surface area contributed by atoms with Crippen molar-refractivity contribution in [2.75, 3.05) is 13.6 Å². The van der Waals surface area contributed by atoms with Gasteiger partial charge in [-0.25, -0.2) is 4.98 Å². The normalized spacial score (nSPS) is 10.9. The topological polar surface area (TPSA) is 75.4 Å². The van der Waals surface area contributed by atoms with Crippen LogP contribution in [0.1, 0.15) is 26.2 Å². The Hall–Kier alpha value is -2.37. The van der Waals surface area contributed by atoms with Crippen molar-refractivity contribution in [3.8, 4) is 0 Å². The molecule has 0 radical (unpaired) electrons. The van der Waals surface area contributed by atoms with Crippen LogP contribution in [-0.2, 0) is 16.0 Å². The first-order chi connectivity index (χ1) is 10.5. The lowest BCUT2D eigenvalue weighted by molar-refractivity contribution is -0.134. The summed E-state index contributed by atoms with van der Waals surface area (Å²) in [6, 6.07) is 7.54. The van der Waals surface area contributed by atoms with Gasteiger partial charge in [-0.05, 0) is 26.0 Å². The number of para-hydroxylation sites is 2. The summed E-state index contributed by atoms with van der Waals surface area (Å²) < 4.78 is 5.57. The maximum atomic E-state index is 12.0. The Labute approximate surface area is 129 Å². The largest absolute Gasteiger partial charge is 0.441 e. The van der Waals surface area contributed by atoms with E-state index in [-0.39, 0.29) is 30.8 Å². The summed E-state index contributed by atoms with van der Waals surface area (Å²) in [6.07, 6.45) is 0.682. The van der Waals surface area contributed by atoms with E-state index >= 15 is 0 Å². The van der Waals surface area contributed by atoms with E-state index < -0.39 is 0 Å². The molecule has 0 saturated heterocycles. The van der Waals surface area contributed by atoms with E-state index in [0.29, 0.717) is 12.3 Å². The summed E-state index contributed by atoms with van der Waals surface area (Å²) in [7, 11) is 1.62. The molecule has 1 heterocycles. The minimum atomic E-state index is -0.160. The van der Waals surface area contributed by atoms with Gasteiger partial charge in [0.2, 0.25) is 11.8 Å². The Morgan fingerprint density at radius 3 is 2.73 bits per heavy atom. The molecule has 0 saturated carbocycles. The van der Waals surface area contributed by atoms with E-state index in [4.69, 9.17) is 4.42 Å². The number of oxazole rings is 1. The van der Waals surface area contributed by atoms with Gasteiger partial charge in [0.15, 0.2) is 11.5 Å². The van der Waals surface area contributed by atoms with E-state index in [9.17, 15) is 9.59 Å². The molecule has 0 aliphatic carbocycles. The fraction of sp³-hybridized carbons (Fsp3) is 0.438. The third-order valence-electron chi connectivity index (χ3n) is 3.15. The zero-order chi connectivity index (χ0) is 16.1. The van der Waals surface area contributed by atoms with Crippen molar-refractivity contribution in [1.82, 2.24) is 15.2 Å². The maximum absolute atomic E-state index is 12.0. The van der Waals surface area contributed by atoms with Crippen LogP contribution in [0.4, 0.5) is 0 Å². The zero-order valence-corrected chi connectivity index (χ0v) is 13.1. The van der Waals surface area contributed by atoms with Crippen LogP contribution < -0.4 is 5.32 Å². The summed E-state index contributed by atoms with van der Waals surface area (Å²) in [6.45, 7) is 3.82. The highest BCUT2D eigenvalue weighted by Gasteiger charge is 2.15. The van der Waals surface area contributed by atoms with Crippen molar-refractivity contribution in [3.05, 3.63) is 30.2 Å². The standard InChI is InChI=1S/C16H21N3O3/c1-11(2)17-14(20)10-19(3)16(21)9-8-15-18-12-6-4-5-7-13(12)22-15/h4-7,11H,8-10H2,1-3H3,(H,17,20). The molecule has 0 aliphatic rings. The maximum Gasteiger partial charge on any atom is 0.239 e. The van der Waals surface area contributed by atoms with E-state index in [1.807, 2.05) is 38.1 Å². The highest BCUT2D eigenvalue weighted by molar-refractivity contribution is 5.84. The highest BCUT2D eigenvalue weighted by Crippen LogP contribution is 2.15. The SMILES string of the molecule is CC(C)NC(=O)CN(C)C(=O)CCc1nc2ccccc2o1. The van der Waals surface area contributed by atoms with Gasteiger partial charge in [0, 0.05) is 25.9 Å². The van der Waals surface area contributed by atoms with Crippen LogP contribution in [0.15, 0.2) is 28.7 Å². The summed E-state index contributed by atoms with van der Waals surface area (Å²) in [5, 5.41) is 2.76. The Balaban J connectivity index is 1.85. The van der Waals surface area contributed by atoms with Gasteiger partial charge < -0.3 is 14.6 Å². The van der Waals surface area contributed by atoms with Crippen LogP contribution in [0.25, 0.3) is 11.1 Å². The number of nitrogens with zero attached hydrogens (tertiary/aromatic N) is 2. The summed E-state index contributed by atoms with van der Waals surface area (Å²) >= 11 is 0. The number of amides is 2. The lowest BCUT2D eigenvalue weighted by Crippen LogP contribution is -2.40. The van der Waals surface area contributed by atoms with Crippen molar-refractivity contribution in [2.45, 2.75) is 32.7 Å². The number of aryl methyl sites for hydroxylation is 1. The number of rotatable bonds is 6. The van der Waals surface area contributed by atoms with Crippen molar-refractivity contribution in [1.29, 1.82) is 0 Å². The first-order valence-electron chi connectivity index (χ1n) is 7.33. The molecule has 0 unspecified atom stereocenters. The number of hydrogen-bond acceptors (Lipinski definition) is 4. The monoisotopic (exact) mass is 303 g/mol. The quantitative estimate of drug-likeness (QED) is 0.882. The second kappa shape index (κ2) is 7.06. The average Bonchev–Trinajstić information content (AvgIpc) is 2.86. The molecular formula is C16H21N3O3. The average molecular weight is 303 g/mol. The smallest absolute Gasteiger partial charge is 0.239 e. The van der Waals surface area contributed by atoms with Crippen molar-refractivity contribution < 1.29 is 14.0 Å². The van der Waals surface area contributed by atoms with Gasteiger partial charge in [0.05, 0.1) is 6.54 Å². The molecule has 2 aromatic rings. The highest BCUT2D eigenvalue weighted by atomic mass is 16.3. The van der Waals surface area contributed by atoms with Gasteiger partial charge >= 0.3 is 0 Å². The van der Waals surface area contributed by atoms with Crippen LogP contribution in [0.2, 0.25) is 0 Å². The van der Waals surface area contributed by atoms with Crippen molar-refractivity contribution >= 4 is 22.9 Å². The van der Waals surface area contributed by atoms with Gasteiger partial charge in [0.25, 0.3) is 0 Å². The molecule has 0 atom stereocenters. The van der Waals surface area contributed by atoms with Crippen molar-refractivity contribution in [2.24, 2.45) is 0 Å². The lowest BCUT2D eigenvalue weighted by Gasteiger charge is -2.17. The number of carbonyl (C=O) groups excluding carboxylic acids is 2. The second-order valence-electron chi connectivity index (χ2n) is 5.55. The Kier molecular flexibility index (Phi) is 5.14. The van der Waals surface area contributed by atoms with E-state index in [1.165, 1.54) is 4.90 Å². The molecule has 118 valence electrons. The lowest BCUT2D eigenvalue weighted by atomic mass is 10.2. The Morgan fingerprint density at radius 2 is 2.05 bits per heavy atom. The number of likely N-dealkylation sites (N-methyl/N-ethyl adjacent to an activating group) is 1. The molecule has 2 amide bonds. The molecule has 0 fully saturated rings. The number of aromatic nitrogens is 1. The predicted molar refractivity (Wildman–Crippen MR) is 83.2 cm³/mol. The van der Waals surface area contributed by atoms with Gasteiger partial charge in [-0.3, -0.25) is 9.59 Å². The molecule has 22 heavy (non-hydrogen) atoms. The fourth-order valence-electron chi connectivity index (χ4n) is 2.10. The minimum Gasteiger partial charge on any atom is -0.441 e. The van der Waals surface area contributed by atoms with E-state index in [2.05, 4.69) is 10.3 Å². The molecule has 1 aromatic heterocycles. The van der Waals surface area contributed by atoms with E-state index in [1.54, 1.807) is 7.05 Å². The third kappa shape index (κ3) is 4.31.